The maximum absolute atomic E-state index is 10.2. The van der Waals surface area contributed by atoms with E-state index in [-0.39, 0.29) is 0 Å². The van der Waals surface area contributed by atoms with E-state index in [1.165, 1.54) is 10.8 Å². The Morgan fingerprint density at radius 2 is 1.04 bits per heavy atom. The van der Waals surface area contributed by atoms with Crippen LogP contribution in [-0.2, 0) is 0 Å². The topological polar surface area (TPSA) is 38.0 Å². The van der Waals surface area contributed by atoms with E-state index in [2.05, 4.69) is 147 Å². The summed E-state index contributed by atoms with van der Waals surface area (Å²) in [6, 6.07) is 56.7. The van der Waals surface area contributed by atoms with Crippen LogP contribution >= 0.6 is 0 Å². The van der Waals surface area contributed by atoms with Crippen molar-refractivity contribution in [3.63, 3.8) is 0 Å². The van der Waals surface area contributed by atoms with Crippen molar-refractivity contribution in [2.45, 2.75) is 0 Å². The molecule has 0 aliphatic rings. The molecule has 0 N–H and O–H groups in total. The number of hydrogen-bond acceptors (Lipinski definition) is 1. The Morgan fingerprint density at radius 1 is 0.479 bits per heavy atom. The fourth-order valence-corrected chi connectivity index (χ4v) is 7.24. The summed E-state index contributed by atoms with van der Waals surface area (Å²) < 4.78 is 4.56. The van der Waals surface area contributed by atoms with Gasteiger partial charge in [-0.05, 0) is 65.7 Å². The second kappa shape index (κ2) is 10.9. The molecule has 4 heteroatoms. The van der Waals surface area contributed by atoms with Gasteiger partial charge in [0.25, 0.3) is 0 Å². The first-order chi connectivity index (χ1) is 23.7. The second-order valence-corrected chi connectivity index (χ2v) is 12.0. The van der Waals surface area contributed by atoms with Gasteiger partial charge >= 0.3 is 0 Å². The number of benzene rings is 7. The highest BCUT2D eigenvalue weighted by Gasteiger charge is 2.17. The van der Waals surface area contributed by atoms with Gasteiger partial charge in [0.1, 0.15) is 0 Å². The number of nitriles is 1. The quantitative estimate of drug-likeness (QED) is 0.183. The Labute approximate surface area is 277 Å². The summed E-state index contributed by atoms with van der Waals surface area (Å²) in [6.45, 7) is 7.66. The Morgan fingerprint density at radius 3 is 1.69 bits per heavy atom. The van der Waals surface area contributed by atoms with Crippen LogP contribution in [0, 0.1) is 17.9 Å². The molecule has 0 saturated carbocycles. The lowest BCUT2D eigenvalue weighted by molar-refractivity contribution is 1.18. The Hall–Kier alpha value is -6.88. The molecule has 0 spiro atoms. The highest BCUT2D eigenvalue weighted by molar-refractivity contribution is 6.11. The fourth-order valence-electron chi connectivity index (χ4n) is 7.24. The van der Waals surface area contributed by atoms with Crippen molar-refractivity contribution >= 4 is 49.3 Å². The van der Waals surface area contributed by atoms with E-state index < -0.39 is 0 Å². The molecule has 0 aliphatic carbocycles. The number of nitrogens with zero attached hydrogens (tertiary/aromatic N) is 4. The van der Waals surface area contributed by atoms with Crippen LogP contribution in [0.15, 0.2) is 158 Å². The van der Waals surface area contributed by atoms with E-state index in [1.54, 1.807) is 0 Å². The van der Waals surface area contributed by atoms with Crippen LogP contribution in [0.4, 0.5) is 5.69 Å². The molecule has 222 valence electrons. The van der Waals surface area contributed by atoms with E-state index in [1.807, 2.05) is 30.3 Å². The first kappa shape index (κ1) is 27.4. The number of hydrogen-bond donors (Lipinski definition) is 0. The maximum atomic E-state index is 10.2. The molecule has 0 atom stereocenters. The van der Waals surface area contributed by atoms with Gasteiger partial charge in [-0.3, -0.25) is 0 Å². The van der Waals surface area contributed by atoms with Gasteiger partial charge in [0, 0.05) is 43.9 Å². The van der Waals surface area contributed by atoms with Crippen molar-refractivity contribution in [3.8, 4) is 39.7 Å². The van der Waals surface area contributed by atoms with E-state index >= 15 is 0 Å². The Balaban J connectivity index is 1.19. The van der Waals surface area contributed by atoms with Gasteiger partial charge < -0.3 is 9.13 Å². The molecular weight excluding hydrogens is 585 g/mol. The minimum absolute atomic E-state index is 0.606. The number of para-hydroxylation sites is 4. The summed E-state index contributed by atoms with van der Waals surface area (Å²) in [5, 5.41) is 14.9. The van der Waals surface area contributed by atoms with Crippen molar-refractivity contribution < 1.29 is 0 Å². The van der Waals surface area contributed by atoms with Gasteiger partial charge in [0.15, 0.2) is 5.69 Å². The van der Waals surface area contributed by atoms with E-state index in [4.69, 9.17) is 6.57 Å². The third-order valence-electron chi connectivity index (χ3n) is 9.40. The van der Waals surface area contributed by atoms with Crippen molar-refractivity contribution in [1.29, 1.82) is 5.26 Å². The van der Waals surface area contributed by atoms with E-state index in [9.17, 15) is 5.26 Å². The lowest BCUT2D eigenvalue weighted by atomic mass is 9.94. The highest BCUT2D eigenvalue weighted by Crippen LogP contribution is 2.39. The predicted octanol–water partition coefficient (Wildman–Crippen LogP) is 11.6. The monoisotopic (exact) mass is 610 g/mol. The lowest BCUT2D eigenvalue weighted by Crippen LogP contribution is -1.97. The van der Waals surface area contributed by atoms with Crippen molar-refractivity contribution in [2.75, 3.05) is 0 Å². The summed E-state index contributed by atoms with van der Waals surface area (Å²) in [5.74, 6) is 0. The molecule has 0 saturated heterocycles. The summed E-state index contributed by atoms with van der Waals surface area (Å²) in [7, 11) is 0. The fraction of sp³-hybridized carbons (Fsp3) is 0. The third-order valence-corrected chi connectivity index (χ3v) is 9.40. The minimum Gasteiger partial charge on any atom is -0.310 e. The molecule has 0 aliphatic heterocycles. The first-order valence-electron chi connectivity index (χ1n) is 15.9. The van der Waals surface area contributed by atoms with Crippen LogP contribution in [0.1, 0.15) is 5.56 Å². The largest absolute Gasteiger partial charge is 0.310 e. The van der Waals surface area contributed by atoms with Crippen molar-refractivity contribution in [3.05, 3.63) is 175 Å². The molecule has 2 aromatic heterocycles. The van der Waals surface area contributed by atoms with E-state index in [0.29, 0.717) is 11.3 Å². The number of fused-ring (bicyclic) bond motifs is 6. The molecule has 2 heterocycles. The Bertz CT molecular complexity index is 2750. The summed E-state index contributed by atoms with van der Waals surface area (Å²) >= 11 is 0. The maximum Gasteiger partial charge on any atom is 0.189 e. The molecule has 0 unspecified atom stereocenters. The molecule has 9 aromatic rings. The van der Waals surface area contributed by atoms with Gasteiger partial charge in [-0.1, -0.05) is 103 Å². The average molecular weight is 611 g/mol. The Kier molecular flexibility index (Phi) is 6.22. The summed E-state index contributed by atoms with van der Waals surface area (Å²) in [5.41, 5.74) is 11.6. The smallest absolute Gasteiger partial charge is 0.189 e. The zero-order valence-electron chi connectivity index (χ0n) is 25.8. The molecular formula is C44H26N4. The molecule has 7 aromatic carbocycles. The minimum atomic E-state index is 0.606. The van der Waals surface area contributed by atoms with Crippen LogP contribution in [-0.4, -0.2) is 9.13 Å². The number of rotatable bonds is 4. The van der Waals surface area contributed by atoms with Crippen LogP contribution in [0.2, 0.25) is 0 Å². The van der Waals surface area contributed by atoms with E-state index in [0.717, 1.165) is 66.5 Å². The molecule has 0 radical (unpaired) electrons. The molecule has 0 fully saturated rings. The highest BCUT2D eigenvalue weighted by atomic mass is 15.0. The third kappa shape index (κ3) is 4.14. The summed E-state index contributed by atoms with van der Waals surface area (Å²) in [6.07, 6.45) is 0. The second-order valence-electron chi connectivity index (χ2n) is 12.0. The zero-order valence-corrected chi connectivity index (χ0v) is 25.8. The lowest BCUT2D eigenvalue weighted by Gasteiger charge is -2.16. The predicted molar refractivity (Wildman–Crippen MR) is 197 cm³/mol. The normalized spacial score (nSPS) is 11.3. The van der Waals surface area contributed by atoms with Gasteiger partial charge in [-0.2, -0.15) is 5.26 Å². The van der Waals surface area contributed by atoms with Crippen molar-refractivity contribution in [1.82, 2.24) is 9.13 Å². The molecule has 0 amide bonds. The molecule has 48 heavy (non-hydrogen) atoms. The van der Waals surface area contributed by atoms with Gasteiger partial charge in [0.05, 0.1) is 40.4 Å². The SMILES string of the molecule is [C-]#[N+]c1ccc2c3ccccc3n(-c3ccccc3-c3ccc(C#N)c(-c4ccc(-n5c6ccccc6c6ccccc65)cc4)c3)c2c1. The molecule has 4 nitrogen and oxygen atoms in total. The molecule has 9 rings (SSSR count). The molecule has 0 bridgehead atoms. The van der Waals surface area contributed by atoms with Crippen molar-refractivity contribution in [2.24, 2.45) is 0 Å². The van der Waals surface area contributed by atoms with Crippen LogP contribution < -0.4 is 0 Å². The average Bonchev–Trinajstić information content (AvgIpc) is 3.67. The van der Waals surface area contributed by atoms with Crippen LogP contribution in [0.25, 0.3) is 82.1 Å². The van der Waals surface area contributed by atoms with Crippen LogP contribution in [0.3, 0.4) is 0 Å². The van der Waals surface area contributed by atoms with Crippen LogP contribution in [0.5, 0.6) is 0 Å². The van der Waals surface area contributed by atoms with Gasteiger partial charge in [0.2, 0.25) is 0 Å². The number of aromatic nitrogens is 2. The summed E-state index contributed by atoms with van der Waals surface area (Å²) in [4.78, 5) is 3.73. The zero-order chi connectivity index (χ0) is 32.2. The van der Waals surface area contributed by atoms with Gasteiger partial charge in [-0.15, -0.1) is 0 Å². The standard InChI is InChI=1S/C44H26N4/c1-46-32-22-25-38-37-13-5-9-17-43(37)48(44(38)27-32)40-14-6-2-10-34(40)30-18-19-31(28-45)39(26-30)29-20-23-33(24-21-29)47-41-15-7-3-11-35(41)36-12-4-8-16-42(36)47/h2-27H. The van der Waals surface area contributed by atoms with Gasteiger partial charge in [-0.25, -0.2) is 4.85 Å². The first-order valence-corrected chi connectivity index (χ1v) is 15.9.